The maximum absolute atomic E-state index is 4.59. The van der Waals surface area contributed by atoms with Gasteiger partial charge in [-0.1, -0.05) is 25.1 Å². The molecule has 0 bridgehead atoms. The maximum Gasteiger partial charge on any atom is 0.225 e. The molecule has 2 aromatic heterocycles. The first kappa shape index (κ1) is 14.3. The molecule has 1 aromatic carbocycles. The molecule has 0 saturated heterocycles. The van der Waals surface area contributed by atoms with Crippen molar-refractivity contribution in [3.05, 3.63) is 54.4 Å². The molecule has 5 heteroatoms. The van der Waals surface area contributed by atoms with Gasteiger partial charge < -0.3 is 10.6 Å². The lowest BCUT2D eigenvalue weighted by molar-refractivity contribution is 0.963. The molecule has 112 valence electrons. The first-order chi connectivity index (χ1) is 10.9. The number of aromatic nitrogens is 3. The first-order valence-electron chi connectivity index (χ1n) is 7.51. The van der Waals surface area contributed by atoms with Crippen molar-refractivity contribution in [2.45, 2.75) is 19.9 Å². The second-order valence-corrected chi connectivity index (χ2v) is 5.01. The van der Waals surface area contributed by atoms with E-state index in [0.717, 1.165) is 35.4 Å². The Morgan fingerprint density at radius 1 is 0.955 bits per heavy atom. The number of para-hydroxylation sites is 1. The van der Waals surface area contributed by atoms with Gasteiger partial charge in [0.2, 0.25) is 5.95 Å². The molecule has 0 aliphatic rings. The number of nitrogens with zero attached hydrogens (tertiary/aromatic N) is 3. The van der Waals surface area contributed by atoms with E-state index in [9.17, 15) is 0 Å². The van der Waals surface area contributed by atoms with Crippen LogP contribution in [0.1, 0.15) is 19.0 Å². The highest BCUT2D eigenvalue weighted by molar-refractivity contribution is 5.89. The van der Waals surface area contributed by atoms with Gasteiger partial charge in [0.15, 0.2) is 0 Å². The second kappa shape index (κ2) is 6.85. The molecule has 0 fully saturated rings. The Balaban J connectivity index is 1.86. The van der Waals surface area contributed by atoms with Crippen LogP contribution in [0.25, 0.3) is 10.9 Å². The zero-order chi connectivity index (χ0) is 15.2. The highest BCUT2D eigenvalue weighted by atomic mass is 15.1. The van der Waals surface area contributed by atoms with Crippen LogP contribution in [0.3, 0.4) is 0 Å². The van der Waals surface area contributed by atoms with Crippen molar-refractivity contribution in [3.8, 4) is 0 Å². The third-order valence-corrected chi connectivity index (χ3v) is 3.30. The van der Waals surface area contributed by atoms with Gasteiger partial charge in [0.25, 0.3) is 0 Å². The summed E-state index contributed by atoms with van der Waals surface area (Å²) < 4.78 is 0. The van der Waals surface area contributed by atoms with Gasteiger partial charge in [-0.05, 0) is 30.7 Å². The van der Waals surface area contributed by atoms with Crippen LogP contribution in [0.15, 0.2) is 48.7 Å². The van der Waals surface area contributed by atoms with Crippen LogP contribution in [-0.4, -0.2) is 21.5 Å². The molecular weight excluding hydrogens is 274 g/mol. The van der Waals surface area contributed by atoms with E-state index in [1.54, 1.807) is 6.20 Å². The van der Waals surface area contributed by atoms with Crippen molar-refractivity contribution in [2.75, 3.05) is 17.2 Å². The number of rotatable bonds is 6. The summed E-state index contributed by atoms with van der Waals surface area (Å²) in [7, 11) is 0. The summed E-state index contributed by atoms with van der Waals surface area (Å²) in [5.41, 5.74) is 1.89. The molecule has 0 aliphatic carbocycles. The maximum atomic E-state index is 4.59. The summed E-state index contributed by atoms with van der Waals surface area (Å²) in [5, 5.41) is 7.66. The zero-order valence-corrected chi connectivity index (χ0v) is 12.6. The van der Waals surface area contributed by atoms with Crippen LogP contribution in [-0.2, 0) is 6.54 Å². The van der Waals surface area contributed by atoms with Crippen LogP contribution in [0.4, 0.5) is 11.8 Å². The molecule has 0 aliphatic heterocycles. The lowest BCUT2D eigenvalue weighted by atomic mass is 10.2. The van der Waals surface area contributed by atoms with Gasteiger partial charge in [0.05, 0.1) is 17.8 Å². The number of nitrogens with one attached hydrogen (secondary N) is 2. The molecule has 2 heterocycles. The van der Waals surface area contributed by atoms with Crippen LogP contribution in [0.2, 0.25) is 0 Å². The monoisotopic (exact) mass is 293 g/mol. The van der Waals surface area contributed by atoms with Gasteiger partial charge in [-0.15, -0.1) is 0 Å². The molecule has 3 rings (SSSR count). The zero-order valence-electron chi connectivity index (χ0n) is 12.6. The fraction of sp³-hybridized carbons (Fsp3) is 0.235. The third-order valence-electron chi connectivity index (χ3n) is 3.30. The number of hydrogen-bond acceptors (Lipinski definition) is 5. The number of pyridine rings is 1. The Morgan fingerprint density at radius 3 is 2.64 bits per heavy atom. The minimum atomic E-state index is 0.604. The highest BCUT2D eigenvalue weighted by Gasteiger charge is 2.07. The lowest BCUT2D eigenvalue weighted by Gasteiger charge is -2.11. The predicted octanol–water partition coefficient (Wildman–Crippen LogP) is 3.46. The van der Waals surface area contributed by atoms with E-state index in [-0.39, 0.29) is 0 Å². The smallest absolute Gasteiger partial charge is 0.225 e. The Kier molecular flexibility index (Phi) is 4.44. The minimum Gasteiger partial charge on any atom is -0.369 e. The summed E-state index contributed by atoms with van der Waals surface area (Å²) in [6, 6.07) is 13.9. The van der Waals surface area contributed by atoms with Crippen molar-refractivity contribution < 1.29 is 0 Å². The molecule has 22 heavy (non-hydrogen) atoms. The van der Waals surface area contributed by atoms with E-state index in [1.807, 2.05) is 42.5 Å². The third kappa shape index (κ3) is 3.31. The average Bonchev–Trinajstić information content (AvgIpc) is 2.58. The first-order valence-corrected chi connectivity index (χ1v) is 7.51. The fourth-order valence-electron chi connectivity index (χ4n) is 2.21. The molecular formula is C17H19N5. The number of fused-ring (bicyclic) bond motifs is 1. The summed E-state index contributed by atoms with van der Waals surface area (Å²) in [6.45, 7) is 3.63. The standard InChI is InChI=1S/C17H19N5/c1-2-10-19-16-14-8-3-4-9-15(14)21-17(22-16)20-12-13-7-5-6-11-18-13/h3-9,11H,2,10,12H2,1H3,(H2,19,20,21,22). The van der Waals surface area contributed by atoms with Crippen molar-refractivity contribution in [2.24, 2.45) is 0 Å². The van der Waals surface area contributed by atoms with Gasteiger partial charge in [-0.3, -0.25) is 4.98 Å². The van der Waals surface area contributed by atoms with E-state index >= 15 is 0 Å². The molecule has 3 aromatic rings. The molecule has 0 radical (unpaired) electrons. The summed E-state index contributed by atoms with van der Waals surface area (Å²) in [6.07, 6.45) is 2.83. The minimum absolute atomic E-state index is 0.604. The Labute approximate surface area is 129 Å². The van der Waals surface area contributed by atoms with Gasteiger partial charge in [-0.25, -0.2) is 4.98 Å². The van der Waals surface area contributed by atoms with Gasteiger partial charge in [0, 0.05) is 18.1 Å². The molecule has 5 nitrogen and oxygen atoms in total. The van der Waals surface area contributed by atoms with Gasteiger partial charge >= 0.3 is 0 Å². The number of hydrogen-bond donors (Lipinski definition) is 2. The van der Waals surface area contributed by atoms with Gasteiger partial charge in [-0.2, -0.15) is 4.98 Å². The molecule has 0 atom stereocenters. The van der Waals surface area contributed by atoms with Crippen LogP contribution in [0, 0.1) is 0 Å². The second-order valence-electron chi connectivity index (χ2n) is 5.01. The molecule has 2 N–H and O–H groups in total. The normalized spacial score (nSPS) is 10.6. The average molecular weight is 293 g/mol. The van der Waals surface area contributed by atoms with Gasteiger partial charge in [0.1, 0.15) is 5.82 Å². The van der Waals surface area contributed by atoms with Crippen LogP contribution < -0.4 is 10.6 Å². The Bertz CT molecular complexity index is 742. The Morgan fingerprint density at radius 2 is 1.82 bits per heavy atom. The number of anilines is 2. The van der Waals surface area contributed by atoms with E-state index in [0.29, 0.717) is 12.5 Å². The largest absolute Gasteiger partial charge is 0.369 e. The quantitative estimate of drug-likeness (QED) is 0.728. The lowest BCUT2D eigenvalue weighted by Crippen LogP contribution is -2.09. The fourth-order valence-corrected chi connectivity index (χ4v) is 2.21. The van der Waals surface area contributed by atoms with E-state index in [1.165, 1.54) is 0 Å². The molecule has 0 saturated carbocycles. The summed E-state index contributed by atoms with van der Waals surface area (Å²) >= 11 is 0. The van der Waals surface area contributed by atoms with Crippen LogP contribution in [0.5, 0.6) is 0 Å². The molecule has 0 amide bonds. The van der Waals surface area contributed by atoms with E-state index in [2.05, 4.69) is 32.5 Å². The van der Waals surface area contributed by atoms with Crippen molar-refractivity contribution in [1.29, 1.82) is 0 Å². The van der Waals surface area contributed by atoms with Crippen molar-refractivity contribution in [3.63, 3.8) is 0 Å². The van der Waals surface area contributed by atoms with E-state index < -0.39 is 0 Å². The summed E-state index contributed by atoms with van der Waals surface area (Å²) in [5.74, 6) is 1.49. The molecule has 0 unspecified atom stereocenters. The van der Waals surface area contributed by atoms with Crippen LogP contribution >= 0.6 is 0 Å². The SMILES string of the molecule is CCCNc1nc(NCc2ccccn2)nc2ccccc12. The number of benzene rings is 1. The van der Waals surface area contributed by atoms with E-state index in [4.69, 9.17) is 0 Å². The highest BCUT2D eigenvalue weighted by Crippen LogP contribution is 2.21. The summed E-state index contributed by atoms with van der Waals surface area (Å²) in [4.78, 5) is 13.5. The predicted molar refractivity (Wildman–Crippen MR) is 89.9 cm³/mol. The Hall–Kier alpha value is -2.69. The van der Waals surface area contributed by atoms with Crippen molar-refractivity contribution >= 4 is 22.7 Å². The molecule has 0 spiro atoms. The van der Waals surface area contributed by atoms with Crippen molar-refractivity contribution in [1.82, 2.24) is 15.0 Å². The topological polar surface area (TPSA) is 62.7 Å².